The highest BCUT2D eigenvalue weighted by Gasteiger charge is 2.03. The molecule has 1 N–H and O–H groups in total. The first-order valence-corrected chi connectivity index (χ1v) is 6.87. The number of hydrogen-bond acceptors (Lipinski definition) is 4. The third-order valence-corrected chi connectivity index (χ3v) is 3.29. The van der Waals surface area contributed by atoms with Crippen molar-refractivity contribution >= 4 is 35.4 Å². The van der Waals surface area contributed by atoms with Crippen molar-refractivity contribution < 1.29 is 4.74 Å². The third kappa shape index (κ3) is 3.20. The van der Waals surface area contributed by atoms with Crippen LogP contribution in [0.1, 0.15) is 0 Å². The monoisotopic (exact) mass is 266 g/mol. The molecule has 0 aliphatic heterocycles. The molecule has 0 unspecified atom stereocenters. The Bertz CT molecular complexity index is 522. The van der Waals surface area contributed by atoms with Crippen LogP contribution in [0.15, 0.2) is 35.5 Å². The summed E-state index contributed by atoms with van der Waals surface area (Å²) in [6.45, 7) is 0. The summed E-state index contributed by atoms with van der Waals surface area (Å²) in [6, 6.07) is 5.83. The molecule has 3 nitrogen and oxygen atoms in total. The zero-order valence-electron chi connectivity index (χ0n) is 9.51. The molecule has 0 radical (unpaired) electrons. The zero-order valence-corrected chi connectivity index (χ0v) is 11.2. The summed E-state index contributed by atoms with van der Waals surface area (Å²) in [4.78, 5) is 7.75. The van der Waals surface area contributed by atoms with Gasteiger partial charge in [-0.15, -0.1) is 0 Å². The minimum absolute atomic E-state index is 0.776. The molecular formula is C12H14N2OS2. The number of ether oxygens (including phenoxy) is 1. The van der Waals surface area contributed by atoms with Crippen LogP contribution >= 0.6 is 24.4 Å². The Balaban J connectivity index is 2.11. The second kappa shape index (κ2) is 6.02. The Kier molecular flexibility index (Phi) is 4.39. The Morgan fingerprint density at radius 2 is 2.35 bits per heavy atom. The van der Waals surface area contributed by atoms with Crippen molar-refractivity contribution in [3.63, 3.8) is 0 Å². The molecule has 0 aliphatic rings. The van der Waals surface area contributed by atoms with Gasteiger partial charge in [-0.05, 0) is 12.1 Å². The molecule has 1 aromatic heterocycles. The van der Waals surface area contributed by atoms with Crippen LogP contribution in [0, 0.1) is 0 Å². The van der Waals surface area contributed by atoms with Crippen molar-refractivity contribution in [2.75, 3.05) is 18.6 Å². The fourth-order valence-electron chi connectivity index (χ4n) is 1.43. The summed E-state index contributed by atoms with van der Waals surface area (Å²) in [5.74, 6) is 2.52. The SMILES string of the molecule is COc1ccc2nc(SCC=CCS)[nH]c2c1. The van der Waals surface area contributed by atoms with Gasteiger partial charge in [-0.2, -0.15) is 12.6 Å². The van der Waals surface area contributed by atoms with Gasteiger partial charge in [0.25, 0.3) is 0 Å². The summed E-state index contributed by atoms with van der Waals surface area (Å²) in [7, 11) is 1.66. The molecule has 17 heavy (non-hydrogen) atoms. The van der Waals surface area contributed by atoms with Crippen LogP contribution in [-0.2, 0) is 0 Å². The number of thiol groups is 1. The van der Waals surface area contributed by atoms with Crippen molar-refractivity contribution in [2.24, 2.45) is 0 Å². The van der Waals surface area contributed by atoms with Crippen LogP contribution in [0.4, 0.5) is 0 Å². The van der Waals surface area contributed by atoms with Gasteiger partial charge in [-0.1, -0.05) is 23.9 Å². The van der Waals surface area contributed by atoms with Crippen LogP contribution in [0.2, 0.25) is 0 Å². The molecule has 0 amide bonds. The average molecular weight is 266 g/mol. The van der Waals surface area contributed by atoms with Gasteiger partial charge >= 0.3 is 0 Å². The van der Waals surface area contributed by atoms with Gasteiger partial charge in [-0.3, -0.25) is 0 Å². The highest BCUT2D eigenvalue weighted by Crippen LogP contribution is 2.22. The minimum Gasteiger partial charge on any atom is -0.497 e. The molecule has 1 heterocycles. The van der Waals surface area contributed by atoms with Crippen LogP contribution in [-0.4, -0.2) is 28.6 Å². The van der Waals surface area contributed by atoms with E-state index in [1.165, 1.54) is 0 Å². The van der Waals surface area contributed by atoms with Gasteiger partial charge < -0.3 is 9.72 Å². The van der Waals surface area contributed by atoms with E-state index in [4.69, 9.17) is 4.74 Å². The van der Waals surface area contributed by atoms with E-state index >= 15 is 0 Å². The first-order chi connectivity index (χ1) is 8.33. The number of nitrogens with one attached hydrogen (secondary N) is 1. The number of nitrogens with zero attached hydrogens (tertiary/aromatic N) is 1. The number of thioether (sulfide) groups is 1. The molecule has 2 rings (SSSR count). The smallest absolute Gasteiger partial charge is 0.166 e. The molecule has 90 valence electrons. The van der Waals surface area contributed by atoms with E-state index < -0.39 is 0 Å². The lowest BCUT2D eigenvalue weighted by Gasteiger charge is -1.96. The molecule has 0 aliphatic carbocycles. The van der Waals surface area contributed by atoms with Crippen molar-refractivity contribution in [1.29, 1.82) is 0 Å². The van der Waals surface area contributed by atoms with Crippen LogP contribution in [0.3, 0.4) is 0 Å². The van der Waals surface area contributed by atoms with Crippen LogP contribution < -0.4 is 4.74 Å². The second-order valence-corrected chi connectivity index (χ2v) is 4.76. The predicted molar refractivity (Wildman–Crippen MR) is 76.4 cm³/mol. The maximum atomic E-state index is 5.17. The standard InChI is InChI=1S/C12H14N2OS2/c1-15-9-4-5-10-11(8-9)14-12(13-10)17-7-3-2-6-16/h2-5,8,16H,6-7H2,1H3,(H,13,14). The molecule has 2 aromatic rings. The van der Waals surface area contributed by atoms with Crippen LogP contribution in [0.25, 0.3) is 11.0 Å². The summed E-state index contributed by atoms with van der Waals surface area (Å²) < 4.78 is 5.17. The fraction of sp³-hybridized carbons (Fsp3) is 0.250. The van der Waals surface area contributed by atoms with Crippen molar-refractivity contribution in [2.45, 2.75) is 5.16 Å². The van der Waals surface area contributed by atoms with Gasteiger partial charge in [0, 0.05) is 17.6 Å². The fourth-order valence-corrected chi connectivity index (χ4v) is 2.31. The lowest BCUT2D eigenvalue weighted by molar-refractivity contribution is 0.415. The summed E-state index contributed by atoms with van der Waals surface area (Å²) in [5.41, 5.74) is 1.97. The van der Waals surface area contributed by atoms with Gasteiger partial charge in [0.05, 0.1) is 18.1 Å². The zero-order chi connectivity index (χ0) is 12.1. The van der Waals surface area contributed by atoms with Gasteiger partial charge in [0.1, 0.15) is 5.75 Å². The number of fused-ring (bicyclic) bond motifs is 1. The Hall–Kier alpha value is -1.07. The first-order valence-electron chi connectivity index (χ1n) is 5.26. The number of rotatable bonds is 5. The second-order valence-electron chi connectivity index (χ2n) is 3.39. The number of aromatic amines is 1. The maximum absolute atomic E-state index is 5.17. The molecule has 0 atom stereocenters. The first kappa shape index (κ1) is 12.4. The van der Waals surface area contributed by atoms with Crippen molar-refractivity contribution in [3.05, 3.63) is 30.4 Å². The topological polar surface area (TPSA) is 37.9 Å². The van der Waals surface area contributed by atoms with E-state index in [-0.39, 0.29) is 0 Å². The molecular weight excluding hydrogens is 252 g/mol. The number of H-pyrrole nitrogens is 1. The molecule has 5 heteroatoms. The van der Waals surface area contributed by atoms with E-state index in [0.29, 0.717) is 0 Å². The molecule has 1 aromatic carbocycles. The number of imidazole rings is 1. The summed E-state index contributed by atoms with van der Waals surface area (Å²) >= 11 is 5.78. The van der Waals surface area contributed by atoms with Gasteiger partial charge in [0.15, 0.2) is 5.16 Å². The third-order valence-electron chi connectivity index (χ3n) is 2.26. The summed E-state index contributed by atoms with van der Waals surface area (Å²) in [6.07, 6.45) is 4.12. The highest BCUT2D eigenvalue weighted by molar-refractivity contribution is 7.99. The van der Waals surface area contributed by atoms with E-state index in [1.54, 1.807) is 18.9 Å². The lowest BCUT2D eigenvalue weighted by Crippen LogP contribution is -1.81. The Morgan fingerprint density at radius 3 is 3.12 bits per heavy atom. The number of aromatic nitrogens is 2. The number of methoxy groups -OCH3 is 1. The van der Waals surface area contributed by atoms with E-state index in [0.717, 1.165) is 33.4 Å². The quantitative estimate of drug-likeness (QED) is 0.496. The minimum atomic E-state index is 0.776. The molecule has 0 bridgehead atoms. The van der Waals surface area contributed by atoms with E-state index in [2.05, 4.69) is 28.7 Å². The maximum Gasteiger partial charge on any atom is 0.166 e. The predicted octanol–water partition coefficient (Wildman–Crippen LogP) is 3.15. The lowest BCUT2D eigenvalue weighted by atomic mass is 10.3. The average Bonchev–Trinajstić information content (AvgIpc) is 2.76. The van der Waals surface area contributed by atoms with E-state index in [1.807, 2.05) is 24.3 Å². The summed E-state index contributed by atoms with van der Waals surface area (Å²) in [5, 5.41) is 0.928. The number of hydrogen-bond donors (Lipinski definition) is 2. The molecule has 0 spiro atoms. The normalized spacial score (nSPS) is 11.4. The van der Waals surface area contributed by atoms with Crippen LogP contribution in [0.5, 0.6) is 5.75 Å². The van der Waals surface area contributed by atoms with Gasteiger partial charge in [0.2, 0.25) is 0 Å². The molecule has 0 saturated heterocycles. The largest absolute Gasteiger partial charge is 0.497 e. The Morgan fingerprint density at radius 1 is 1.47 bits per heavy atom. The Labute approximate surface area is 110 Å². The van der Waals surface area contributed by atoms with E-state index in [9.17, 15) is 0 Å². The van der Waals surface area contributed by atoms with Gasteiger partial charge in [-0.25, -0.2) is 4.98 Å². The van der Waals surface area contributed by atoms with Crippen molar-refractivity contribution in [3.8, 4) is 5.75 Å². The number of benzene rings is 1. The molecule has 0 fully saturated rings. The molecule has 0 saturated carbocycles. The van der Waals surface area contributed by atoms with Crippen molar-refractivity contribution in [1.82, 2.24) is 9.97 Å². The highest BCUT2D eigenvalue weighted by atomic mass is 32.2.